The molecule has 7 nitrogen and oxygen atoms in total. The quantitative estimate of drug-likeness (QED) is 0.291. The van der Waals surface area contributed by atoms with Gasteiger partial charge in [0.1, 0.15) is 0 Å². The number of aliphatic carboxylic acids is 1. The molecular weight excluding hydrogens is 406 g/mol. The summed E-state index contributed by atoms with van der Waals surface area (Å²) in [5.41, 5.74) is 1.14. The van der Waals surface area contributed by atoms with Gasteiger partial charge in [0, 0.05) is 28.3 Å². The van der Waals surface area contributed by atoms with Gasteiger partial charge in [-0.3, -0.25) is 9.59 Å². The molecule has 30 heavy (non-hydrogen) atoms. The van der Waals surface area contributed by atoms with Crippen molar-refractivity contribution in [1.29, 1.82) is 0 Å². The Morgan fingerprint density at radius 1 is 1.03 bits per heavy atom. The fraction of sp³-hybridized carbons (Fsp3) is 0.182. The fourth-order valence-electron chi connectivity index (χ4n) is 2.65. The minimum atomic E-state index is -0.896. The summed E-state index contributed by atoms with van der Waals surface area (Å²) >= 11 is 1.37. The highest BCUT2D eigenvalue weighted by Gasteiger charge is 2.12. The van der Waals surface area contributed by atoms with Crippen LogP contribution in [0.1, 0.15) is 21.7 Å². The first kappa shape index (κ1) is 22.8. The van der Waals surface area contributed by atoms with E-state index in [1.165, 1.54) is 23.5 Å². The number of aromatic hydroxyl groups is 3. The molecule has 0 saturated carbocycles. The Bertz CT molecular complexity index is 966. The van der Waals surface area contributed by atoms with Crippen LogP contribution in [0, 0.1) is 0 Å². The first-order chi connectivity index (χ1) is 14.3. The van der Waals surface area contributed by atoms with Crippen LogP contribution >= 0.6 is 11.3 Å². The lowest BCUT2D eigenvalue weighted by molar-refractivity contribution is -0.136. The highest BCUT2D eigenvalue weighted by atomic mass is 32.1. The second-order valence-corrected chi connectivity index (χ2v) is 7.71. The van der Waals surface area contributed by atoms with Gasteiger partial charge in [-0.05, 0) is 42.3 Å². The van der Waals surface area contributed by atoms with Crippen LogP contribution in [0.2, 0.25) is 0 Å². The van der Waals surface area contributed by atoms with Crippen LogP contribution in [0.15, 0.2) is 60.8 Å². The van der Waals surface area contributed by atoms with Crippen LogP contribution in [0.5, 0.6) is 17.2 Å². The number of allylic oxidation sites excluding steroid dienone is 5. The molecule has 0 fully saturated rings. The van der Waals surface area contributed by atoms with E-state index < -0.39 is 23.2 Å². The molecule has 1 amide bonds. The van der Waals surface area contributed by atoms with E-state index >= 15 is 0 Å². The summed E-state index contributed by atoms with van der Waals surface area (Å²) in [6.07, 6.45) is 7.55. The van der Waals surface area contributed by atoms with E-state index in [2.05, 4.69) is 11.9 Å². The van der Waals surface area contributed by atoms with E-state index in [1.807, 2.05) is 6.07 Å². The topological polar surface area (TPSA) is 127 Å². The van der Waals surface area contributed by atoms with Crippen molar-refractivity contribution in [3.8, 4) is 17.2 Å². The van der Waals surface area contributed by atoms with Gasteiger partial charge in [0.25, 0.3) is 0 Å². The van der Waals surface area contributed by atoms with Gasteiger partial charge in [-0.1, -0.05) is 24.8 Å². The normalized spacial score (nSPS) is 11.5. The number of amides is 1. The number of carbonyl (C=O) groups excluding carboxylic acids is 1. The van der Waals surface area contributed by atoms with Crippen LogP contribution in [-0.2, 0) is 28.9 Å². The third kappa shape index (κ3) is 7.14. The summed E-state index contributed by atoms with van der Waals surface area (Å²) < 4.78 is 0. The molecule has 158 valence electrons. The van der Waals surface area contributed by atoms with Crippen LogP contribution < -0.4 is 5.32 Å². The molecule has 1 aromatic carbocycles. The Kier molecular flexibility index (Phi) is 8.25. The number of carbonyl (C=O) groups is 2. The van der Waals surface area contributed by atoms with Crippen LogP contribution in [0.4, 0.5) is 0 Å². The molecule has 2 rings (SSSR count). The molecule has 1 aromatic heterocycles. The minimum absolute atomic E-state index is 0.0429. The summed E-state index contributed by atoms with van der Waals surface area (Å²) in [7, 11) is 0. The number of phenols is 3. The SMILES string of the molecule is C=C/C=C\C=C(/Cc1ccc(CC(=O)O)s1)NC(=O)CCc1cc(O)c(O)c(O)c1. The summed E-state index contributed by atoms with van der Waals surface area (Å²) in [5.74, 6) is -2.65. The predicted molar refractivity (Wildman–Crippen MR) is 115 cm³/mol. The Morgan fingerprint density at radius 2 is 1.67 bits per heavy atom. The van der Waals surface area contributed by atoms with Crippen molar-refractivity contribution in [2.75, 3.05) is 0 Å². The number of hydrogen-bond donors (Lipinski definition) is 5. The Labute approximate surface area is 177 Å². The van der Waals surface area contributed by atoms with Crippen molar-refractivity contribution in [2.24, 2.45) is 0 Å². The van der Waals surface area contributed by atoms with Crippen molar-refractivity contribution in [1.82, 2.24) is 5.32 Å². The Hall–Kier alpha value is -3.52. The number of rotatable bonds is 10. The number of hydrogen-bond acceptors (Lipinski definition) is 6. The van der Waals surface area contributed by atoms with Crippen LogP contribution in [0.25, 0.3) is 0 Å². The molecule has 0 aliphatic rings. The zero-order chi connectivity index (χ0) is 22.1. The summed E-state index contributed by atoms with van der Waals surface area (Å²) in [6.45, 7) is 3.60. The number of nitrogens with one attached hydrogen (secondary N) is 1. The van der Waals surface area contributed by atoms with Crippen LogP contribution in [-0.4, -0.2) is 32.3 Å². The van der Waals surface area contributed by atoms with E-state index in [4.69, 9.17) is 5.11 Å². The van der Waals surface area contributed by atoms with Gasteiger partial charge in [-0.25, -0.2) is 0 Å². The van der Waals surface area contributed by atoms with E-state index in [1.54, 1.807) is 30.4 Å². The van der Waals surface area contributed by atoms with Crippen molar-refractivity contribution < 1.29 is 30.0 Å². The lowest BCUT2D eigenvalue weighted by atomic mass is 10.1. The monoisotopic (exact) mass is 429 g/mol. The average molecular weight is 429 g/mol. The van der Waals surface area contributed by atoms with Gasteiger partial charge >= 0.3 is 5.97 Å². The maximum Gasteiger partial charge on any atom is 0.308 e. The maximum absolute atomic E-state index is 12.4. The molecule has 2 aromatic rings. The molecule has 0 radical (unpaired) electrons. The average Bonchev–Trinajstić information content (AvgIpc) is 3.10. The number of benzene rings is 1. The van der Waals surface area contributed by atoms with Gasteiger partial charge in [-0.15, -0.1) is 11.3 Å². The number of carboxylic acids is 1. The first-order valence-electron chi connectivity index (χ1n) is 9.09. The molecular formula is C22H23NO6S. The third-order valence-corrected chi connectivity index (χ3v) is 5.11. The highest BCUT2D eigenvalue weighted by molar-refractivity contribution is 7.12. The molecule has 0 unspecified atom stereocenters. The second-order valence-electron chi connectivity index (χ2n) is 6.46. The molecule has 0 saturated heterocycles. The fourth-order valence-corrected chi connectivity index (χ4v) is 3.68. The molecule has 0 aliphatic heterocycles. The van der Waals surface area contributed by atoms with Crippen molar-refractivity contribution in [3.63, 3.8) is 0 Å². The molecule has 1 heterocycles. The van der Waals surface area contributed by atoms with Crippen molar-refractivity contribution in [2.45, 2.75) is 25.7 Å². The number of thiophene rings is 1. The third-order valence-electron chi connectivity index (χ3n) is 4.02. The standard InChI is InChI=1S/C22H23NO6S/c1-2-3-4-5-15(12-16-7-8-17(30-16)13-21(27)28)23-20(26)9-6-14-10-18(24)22(29)19(25)11-14/h2-5,7-8,10-11,24-25,29H,1,6,9,12-13H2,(H,23,26)(H,27,28)/b4-3-,15-5+. The largest absolute Gasteiger partial charge is 0.504 e. The van der Waals surface area contributed by atoms with Crippen molar-refractivity contribution >= 4 is 23.2 Å². The maximum atomic E-state index is 12.4. The minimum Gasteiger partial charge on any atom is -0.504 e. The Balaban J connectivity index is 2.03. The van der Waals surface area contributed by atoms with E-state index in [0.29, 0.717) is 17.7 Å². The number of carboxylic acid groups (broad SMARTS) is 1. The molecule has 0 spiro atoms. The molecule has 0 bridgehead atoms. The summed E-state index contributed by atoms with van der Waals surface area (Å²) in [4.78, 5) is 24.9. The number of aryl methyl sites for hydroxylation is 1. The smallest absolute Gasteiger partial charge is 0.308 e. The molecule has 0 atom stereocenters. The second kappa shape index (κ2) is 10.9. The van der Waals surface area contributed by atoms with Crippen LogP contribution in [0.3, 0.4) is 0 Å². The summed E-state index contributed by atoms with van der Waals surface area (Å²) in [6, 6.07) is 6.18. The molecule has 8 heteroatoms. The lowest BCUT2D eigenvalue weighted by Crippen LogP contribution is -2.24. The molecule has 5 N–H and O–H groups in total. The predicted octanol–water partition coefficient (Wildman–Crippen LogP) is 3.41. The van der Waals surface area contributed by atoms with E-state index in [9.17, 15) is 24.9 Å². The van der Waals surface area contributed by atoms with Gasteiger partial charge in [-0.2, -0.15) is 0 Å². The summed E-state index contributed by atoms with van der Waals surface area (Å²) in [5, 5.41) is 40.2. The Morgan fingerprint density at radius 3 is 2.27 bits per heavy atom. The first-order valence-corrected chi connectivity index (χ1v) is 9.91. The van der Waals surface area contributed by atoms with E-state index in [0.717, 1.165) is 9.75 Å². The highest BCUT2D eigenvalue weighted by Crippen LogP contribution is 2.35. The zero-order valence-electron chi connectivity index (χ0n) is 16.2. The van der Waals surface area contributed by atoms with Gasteiger partial charge in [0.05, 0.1) is 6.42 Å². The van der Waals surface area contributed by atoms with Gasteiger partial charge in [0.2, 0.25) is 5.91 Å². The molecule has 0 aliphatic carbocycles. The van der Waals surface area contributed by atoms with E-state index in [-0.39, 0.29) is 25.2 Å². The van der Waals surface area contributed by atoms with Crippen molar-refractivity contribution in [3.05, 3.63) is 76.2 Å². The number of phenolic OH excluding ortho intramolecular Hbond substituents is 3. The lowest BCUT2D eigenvalue weighted by Gasteiger charge is -2.10. The van der Waals surface area contributed by atoms with Gasteiger partial charge in [0.15, 0.2) is 17.2 Å². The zero-order valence-corrected chi connectivity index (χ0v) is 17.0. The van der Waals surface area contributed by atoms with Gasteiger partial charge < -0.3 is 25.7 Å².